The van der Waals surface area contributed by atoms with Crippen molar-refractivity contribution >= 4 is 0 Å². The number of aryl methyl sites for hydroxylation is 2. The Morgan fingerprint density at radius 1 is 1.03 bits per heavy atom. The van der Waals surface area contributed by atoms with Crippen LogP contribution in [0.1, 0.15) is 49.6 Å². The molecule has 0 saturated carbocycles. The Balaban J connectivity index is 1.62. The lowest BCUT2D eigenvalue weighted by molar-refractivity contribution is 0.623. The van der Waals surface area contributed by atoms with Crippen LogP contribution in [0.2, 0.25) is 0 Å². The van der Waals surface area contributed by atoms with E-state index in [0.717, 1.165) is 54.3 Å². The normalized spacial score (nSPS) is 11.0. The molecule has 3 heterocycles. The zero-order valence-electron chi connectivity index (χ0n) is 17.1. The highest BCUT2D eigenvalue weighted by molar-refractivity contribution is 5.58. The third-order valence-electron chi connectivity index (χ3n) is 4.85. The summed E-state index contributed by atoms with van der Waals surface area (Å²) in [6, 6.07) is 13.9. The number of H-pyrrole nitrogens is 1. The molecule has 0 unspecified atom stereocenters. The van der Waals surface area contributed by atoms with Gasteiger partial charge in [0.25, 0.3) is 0 Å². The van der Waals surface area contributed by atoms with Crippen LogP contribution < -0.4 is 0 Å². The minimum absolute atomic E-state index is 0.510. The molecule has 4 aromatic rings. The van der Waals surface area contributed by atoms with Crippen molar-refractivity contribution in [3.05, 3.63) is 59.3 Å². The van der Waals surface area contributed by atoms with Gasteiger partial charge in [0.15, 0.2) is 11.6 Å². The van der Waals surface area contributed by atoms with Gasteiger partial charge in [0, 0.05) is 18.5 Å². The third-order valence-corrected chi connectivity index (χ3v) is 4.85. The first kappa shape index (κ1) is 19.5. The second kappa shape index (κ2) is 8.69. The summed E-state index contributed by atoms with van der Waals surface area (Å²) in [6.07, 6.45) is 3.88. The minimum atomic E-state index is 0.510. The summed E-state index contributed by atoms with van der Waals surface area (Å²) >= 11 is 0. The highest BCUT2D eigenvalue weighted by atomic mass is 15.5. The van der Waals surface area contributed by atoms with Gasteiger partial charge in [0.05, 0.1) is 12.2 Å². The highest BCUT2D eigenvalue weighted by Crippen LogP contribution is 2.24. The number of hydrogen-bond donors (Lipinski definition) is 1. The maximum absolute atomic E-state index is 9.52. The van der Waals surface area contributed by atoms with Gasteiger partial charge in [0.2, 0.25) is 0 Å². The summed E-state index contributed by atoms with van der Waals surface area (Å²) in [5, 5.41) is 28.2. The van der Waals surface area contributed by atoms with Crippen LogP contribution in [0, 0.1) is 11.3 Å². The van der Waals surface area contributed by atoms with E-state index in [1.807, 2.05) is 27.4 Å². The molecule has 1 aromatic carbocycles. The van der Waals surface area contributed by atoms with Crippen molar-refractivity contribution < 1.29 is 0 Å². The molecule has 0 aliphatic rings. The van der Waals surface area contributed by atoms with Crippen molar-refractivity contribution in [1.29, 1.82) is 5.26 Å². The van der Waals surface area contributed by atoms with Gasteiger partial charge in [-0.2, -0.15) is 10.4 Å². The molecule has 4 rings (SSSR count). The average Bonchev–Trinajstić information content (AvgIpc) is 3.49. The largest absolute Gasteiger partial charge is 0.298 e. The number of hydrogen-bond acceptors (Lipinski definition) is 6. The molecule has 1 N–H and O–H groups in total. The molecule has 0 radical (unpaired) electrons. The second-order valence-electron chi connectivity index (χ2n) is 7.07. The molecule has 0 spiro atoms. The molecule has 0 aliphatic carbocycles. The van der Waals surface area contributed by atoms with E-state index in [1.54, 1.807) is 6.07 Å². The molecule has 0 saturated heterocycles. The molecule has 0 amide bonds. The first-order valence-corrected chi connectivity index (χ1v) is 10.1. The summed E-state index contributed by atoms with van der Waals surface area (Å²) in [5.74, 6) is 2.45. The van der Waals surface area contributed by atoms with Crippen molar-refractivity contribution in [3.63, 3.8) is 0 Å². The van der Waals surface area contributed by atoms with Crippen LogP contribution in [0.3, 0.4) is 0 Å². The van der Waals surface area contributed by atoms with E-state index in [0.29, 0.717) is 18.1 Å². The van der Waals surface area contributed by atoms with Crippen molar-refractivity contribution in [2.75, 3.05) is 0 Å². The summed E-state index contributed by atoms with van der Waals surface area (Å²) in [7, 11) is 0. The number of benzene rings is 1. The Morgan fingerprint density at radius 2 is 1.83 bits per heavy atom. The third kappa shape index (κ3) is 3.85. The van der Waals surface area contributed by atoms with Crippen LogP contribution in [0.4, 0.5) is 0 Å². The standard InChI is InChI=1S/C21H23N9/c1-3-5-19-23-20(6-4-2)29(26-19)14-15-7-9-16(10-8-15)30-17(13-22)11-12-18(30)21-24-27-28-25-21/h7-12H,3-6,14H2,1-2H3,(H,24,25,27,28). The van der Waals surface area contributed by atoms with E-state index >= 15 is 0 Å². The minimum Gasteiger partial charge on any atom is -0.298 e. The molecule has 30 heavy (non-hydrogen) atoms. The van der Waals surface area contributed by atoms with E-state index in [1.165, 1.54) is 0 Å². The van der Waals surface area contributed by atoms with Crippen molar-refractivity contribution in [1.82, 2.24) is 40.0 Å². The molecule has 0 atom stereocenters. The number of nitrogens with zero attached hydrogens (tertiary/aromatic N) is 8. The SMILES string of the molecule is CCCc1nc(CCC)n(Cc2ccc(-n3c(C#N)ccc3-c3nnn[nH]3)cc2)n1. The number of nitriles is 1. The smallest absolute Gasteiger partial charge is 0.196 e. The van der Waals surface area contributed by atoms with Crippen LogP contribution in [0.15, 0.2) is 36.4 Å². The van der Waals surface area contributed by atoms with Crippen molar-refractivity contribution in [3.8, 4) is 23.3 Å². The van der Waals surface area contributed by atoms with E-state index in [2.05, 4.69) is 52.7 Å². The lowest BCUT2D eigenvalue weighted by Gasteiger charge is -2.10. The summed E-state index contributed by atoms with van der Waals surface area (Å²) in [6.45, 7) is 4.96. The maximum atomic E-state index is 9.52. The quantitative estimate of drug-likeness (QED) is 0.485. The monoisotopic (exact) mass is 401 g/mol. The Hall–Kier alpha value is -3.80. The summed E-state index contributed by atoms with van der Waals surface area (Å²) in [4.78, 5) is 4.70. The van der Waals surface area contributed by atoms with E-state index < -0.39 is 0 Å². The summed E-state index contributed by atoms with van der Waals surface area (Å²) < 4.78 is 3.84. The highest BCUT2D eigenvalue weighted by Gasteiger charge is 2.15. The molecule has 9 heteroatoms. The Bertz CT molecular complexity index is 1140. The molecular formula is C21H23N9. The number of aromatic amines is 1. The van der Waals surface area contributed by atoms with Gasteiger partial charge in [0.1, 0.15) is 17.6 Å². The predicted octanol–water partition coefficient (Wildman–Crippen LogP) is 3.07. The number of rotatable bonds is 8. The maximum Gasteiger partial charge on any atom is 0.196 e. The summed E-state index contributed by atoms with van der Waals surface area (Å²) in [5.41, 5.74) is 3.23. The average molecular weight is 401 g/mol. The van der Waals surface area contributed by atoms with Gasteiger partial charge in [-0.25, -0.2) is 14.8 Å². The van der Waals surface area contributed by atoms with Crippen molar-refractivity contribution in [2.45, 2.75) is 46.1 Å². The van der Waals surface area contributed by atoms with Gasteiger partial charge in [-0.05, 0) is 53.1 Å². The van der Waals surface area contributed by atoms with E-state index in [-0.39, 0.29) is 0 Å². The Morgan fingerprint density at radius 3 is 2.50 bits per heavy atom. The van der Waals surface area contributed by atoms with Gasteiger partial charge < -0.3 is 0 Å². The molecule has 3 aromatic heterocycles. The first-order chi connectivity index (χ1) is 14.7. The van der Waals surface area contributed by atoms with Gasteiger partial charge >= 0.3 is 0 Å². The molecule has 0 aliphatic heterocycles. The zero-order valence-corrected chi connectivity index (χ0v) is 17.1. The van der Waals surface area contributed by atoms with Crippen molar-refractivity contribution in [2.24, 2.45) is 0 Å². The zero-order chi connectivity index (χ0) is 20.9. The van der Waals surface area contributed by atoms with Crippen LogP contribution in [-0.4, -0.2) is 40.0 Å². The lowest BCUT2D eigenvalue weighted by atomic mass is 10.2. The van der Waals surface area contributed by atoms with Gasteiger partial charge in [-0.1, -0.05) is 26.0 Å². The Kier molecular flexibility index (Phi) is 5.66. The van der Waals surface area contributed by atoms with Crippen LogP contribution >= 0.6 is 0 Å². The second-order valence-corrected chi connectivity index (χ2v) is 7.07. The molecule has 9 nitrogen and oxygen atoms in total. The van der Waals surface area contributed by atoms with Crippen LogP contribution in [0.25, 0.3) is 17.2 Å². The Labute approximate surface area is 174 Å². The van der Waals surface area contributed by atoms with Crippen LogP contribution in [-0.2, 0) is 19.4 Å². The molecule has 152 valence electrons. The van der Waals surface area contributed by atoms with Gasteiger partial charge in [-0.3, -0.25) is 4.57 Å². The number of tetrazole rings is 1. The molecule has 0 bridgehead atoms. The van der Waals surface area contributed by atoms with Crippen LogP contribution in [0.5, 0.6) is 0 Å². The lowest BCUT2D eigenvalue weighted by Crippen LogP contribution is -2.07. The topological polar surface area (TPSA) is 114 Å². The molecular weight excluding hydrogens is 378 g/mol. The van der Waals surface area contributed by atoms with E-state index in [4.69, 9.17) is 10.1 Å². The fourth-order valence-corrected chi connectivity index (χ4v) is 3.47. The molecule has 0 fully saturated rings. The fourth-order valence-electron chi connectivity index (χ4n) is 3.47. The first-order valence-electron chi connectivity index (χ1n) is 10.1. The predicted molar refractivity (Wildman–Crippen MR) is 111 cm³/mol. The number of aromatic nitrogens is 8. The fraction of sp³-hybridized carbons (Fsp3) is 0.333. The van der Waals surface area contributed by atoms with E-state index in [9.17, 15) is 5.26 Å². The van der Waals surface area contributed by atoms with Gasteiger partial charge in [-0.15, -0.1) is 5.10 Å². The number of nitrogens with one attached hydrogen (secondary N) is 1.